The molecule has 0 aliphatic carbocycles. The second kappa shape index (κ2) is 5.15. The zero-order chi connectivity index (χ0) is 13.4. The van der Waals surface area contributed by atoms with Crippen LogP contribution >= 0.6 is 0 Å². The van der Waals surface area contributed by atoms with Gasteiger partial charge in [0.1, 0.15) is 0 Å². The molecule has 1 aromatic heterocycles. The molecule has 3 rings (SSSR count). The minimum Gasteiger partial charge on any atom is -0.374 e. The molecule has 7 nitrogen and oxygen atoms in total. The maximum absolute atomic E-state index is 5.86. The van der Waals surface area contributed by atoms with Crippen LogP contribution in [-0.2, 0) is 11.3 Å². The van der Waals surface area contributed by atoms with Crippen molar-refractivity contribution in [3.63, 3.8) is 0 Å². The minimum absolute atomic E-state index is 0.300. The molecule has 19 heavy (non-hydrogen) atoms. The number of nitrogens with zero attached hydrogens (tertiary/aromatic N) is 6. The zero-order valence-corrected chi connectivity index (χ0v) is 11.9. The molecule has 2 saturated heterocycles. The fourth-order valence-corrected chi connectivity index (χ4v) is 2.98. The van der Waals surface area contributed by atoms with Gasteiger partial charge >= 0.3 is 0 Å². The van der Waals surface area contributed by atoms with Crippen LogP contribution in [0.4, 0.5) is 0 Å². The Morgan fingerprint density at radius 1 is 1.37 bits per heavy atom. The first-order valence-corrected chi connectivity index (χ1v) is 6.96. The summed E-state index contributed by atoms with van der Waals surface area (Å²) in [4.78, 5) is 4.79. The van der Waals surface area contributed by atoms with Crippen molar-refractivity contribution in [2.24, 2.45) is 0 Å². The summed E-state index contributed by atoms with van der Waals surface area (Å²) in [5.74, 6) is 0.941. The summed E-state index contributed by atoms with van der Waals surface area (Å²) in [5, 5.41) is 12.0. The number of likely N-dealkylation sites (tertiary alicyclic amines) is 1. The lowest BCUT2D eigenvalue weighted by atomic mass is 10.1. The SMILES string of the molecule is CC(C)n1nnnc1CN1C[C@H]2OCCN(C)[C@H]2C1. The number of ether oxygens (including phenoxy) is 1. The van der Waals surface area contributed by atoms with Crippen LogP contribution in [0.2, 0.25) is 0 Å². The largest absolute Gasteiger partial charge is 0.374 e. The number of likely N-dealkylation sites (N-methyl/N-ethyl adjacent to an activating group) is 1. The maximum atomic E-state index is 5.86. The predicted octanol–water partition coefficient (Wildman–Crippen LogP) is -0.231. The summed E-state index contributed by atoms with van der Waals surface area (Å²) in [5.41, 5.74) is 0. The van der Waals surface area contributed by atoms with Gasteiger partial charge < -0.3 is 4.74 Å². The molecule has 0 unspecified atom stereocenters. The lowest BCUT2D eigenvalue weighted by Crippen LogP contribution is -2.48. The van der Waals surface area contributed by atoms with E-state index >= 15 is 0 Å². The molecule has 3 heterocycles. The Morgan fingerprint density at radius 3 is 2.95 bits per heavy atom. The van der Waals surface area contributed by atoms with Crippen LogP contribution in [0.5, 0.6) is 0 Å². The minimum atomic E-state index is 0.300. The van der Waals surface area contributed by atoms with Gasteiger partial charge in [0, 0.05) is 25.7 Å². The summed E-state index contributed by atoms with van der Waals surface area (Å²) < 4.78 is 7.75. The van der Waals surface area contributed by atoms with Gasteiger partial charge in [0.05, 0.1) is 25.3 Å². The van der Waals surface area contributed by atoms with E-state index in [1.54, 1.807) is 0 Å². The van der Waals surface area contributed by atoms with Crippen molar-refractivity contribution < 1.29 is 4.74 Å². The second-order valence-electron chi connectivity index (χ2n) is 5.78. The van der Waals surface area contributed by atoms with E-state index < -0.39 is 0 Å². The van der Waals surface area contributed by atoms with Crippen LogP contribution in [0.25, 0.3) is 0 Å². The Morgan fingerprint density at radius 2 is 2.21 bits per heavy atom. The van der Waals surface area contributed by atoms with E-state index in [1.165, 1.54) is 0 Å². The van der Waals surface area contributed by atoms with Crippen molar-refractivity contribution in [1.29, 1.82) is 0 Å². The summed E-state index contributed by atoms with van der Waals surface area (Å²) in [7, 11) is 2.18. The fraction of sp³-hybridized carbons (Fsp3) is 0.917. The Hall–Kier alpha value is -1.05. The smallest absolute Gasteiger partial charge is 0.165 e. The molecule has 0 amide bonds. The van der Waals surface area contributed by atoms with E-state index in [-0.39, 0.29) is 0 Å². The standard InChI is InChI=1S/C12H22N6O/c1-9(2)18-12(13-14-15-18)8-17-6-10-11(7-17)19-5-4-16(10)3/h9-11H,4-8H2,1-3H3/t10-,11+/m0/s1. The van der Waals surface area contributed by atoms with Gasteiger partial charge in [-0.15, -0.1) is 5.10 Å². The Kier molecular flexibility index (Phi) is 3.51. The molecule has 0 aromatic carbocycles. The van der Waals surface area contributed by atoms with Gasteiger partial charge in [0.25, 0.3) is 0 Å². The quantitative estimate of drug-likeness (QED) is 0.753. The van der Waals surface area contributed by atoms with Crippen molar-refractivity contribution in [2.45, 2.75) is 38.6 Å². The molecule has 0 radical (unpaired) electrons. The first-order chi connectivity index (χ1) is 9.15. The molecule has 106 valence electrons. The Labute approximate surface area is 113 Å². The van der Waals surface area contributed by atoms with E-state index in [9.17, 15) is 0 Å². The van der Waals surface area contributed by atoms with Crippen LogP contribution in [-0.4, -0.2) is 75.4 Å². The number of aromatic nitrogens is 4. The molecule has 1 aromatic rings. The average molecular weight is 266 g/mol. The molecule has 7 heteroatoms. The topological polar surface area (TPSA) is 59.3 Å². The third-order valence-corrected chi connectivity index (χ3v) is 4.07. The van der Waals surface area contributed by atoms with Crippen molar-refractivity contribution in [3.05, 3.63) is 5.82 Å². The predicted molar refractivity (Wildman–Crippen MR) is 69.6 cm³/mol. The van der Waals surface area contributed by atoms with Gasteiger partial charge in [-0.2, -0.15) is 0 Å². The number of hydrogen-bond donors (Lipinski definition) is 0. The fourth-order valence-electron chi connectivity index (χ4n) is 2.98. The van der Waals surface area contributed by atoms with E-state index in [0.717, 1.165) is 38.6 Å². The summed E-state index contributed by atoms with van der Waals surface area (Å²) in [6, 6.07) is 0.811. The monoisotopic (exact) mass is 266 g/mol. The van der Waals surface area contributed by atoms with Gasteiger partial charge in [-0.1, -0.05) is 0 Å². The summed E-state index contributed by atoms with van der Waals surface area (Å²) in [6.45, 7) is 8.87. The number of fused-ring (bicyclic) bond motifs is 1. The summed E-state index contributed by atoms with van der Waals surface area (Å²) >= 11 is 0. The van der Waals surface area contributed by atoms with Crippen molar-refractivity contribution in [2.75, 3.05) is 33.3 Å². The van der Waals surface area contributed by atoms with Crippen molar-refractivity contribution >= 4 is 0 Å². The highest BCUT2D eigenvalue weighted by Crippen LogP contribution is 2.22. The normalized spacial score (nSPS) is 29.1. The number of hydrogen-bond acceptors (Lipinski definition) is 6. The van der Waals surface area contributed by atoms with Crippen LogP contribution in [0, 0.1) is 0 Å². The maximum Gasteiger partial charge on any atom is 0.165 e. The van der Waals surface area contributed by atoms with Crippen molar-refractivity contribution in [1.82, 2.24) is 30.0 Å². The first-order valence-electron chi connectivity index (χ1n) is 6.96. The van der Waals surface area contributed by atoms with Crippen molar-refractivity contribution in [3.8, 4) is 0 Å². The van der Waals surface area contributed by atoms with Gasteiger partial charge in [-0.25, -0.2) is 4.68 Å². The van der Waals surface area contributed by atoms with Gasteiger partial charge in [-0.3, -0.25) is 9.80 Å². The Balaban J connectivity index is 1.67. The highest BCUT2D eigenvalue weighted by Gasteiger charge is 2.38. The number of tetrazole rings is 1. The van der Waals surface area contributed by atoms with Crippen LogP contribution in [0.15, 0.2) is 0 Å². The molecular weight excluding hydrogens is 244 g/mol. The third kappa shape index (κ3) is 2.50. The Bertz CT molecular complexity index is 434. The molecule has 0 saturated carbocycles. The lowest BCUT2D eigenvalue weighted by molar-refractivity contribution is -0.0370. The molecular formula is C12H22N6O. The van der Waals surface area contributed by atoms with Gasteiger partial charge in [0.15, 0.2) is 5.82 Å². The third-order valence-electron chi connectivity index (χ3n) is 4.07. The average Bonchev–Trinajstić information content (AvgIpc) is 2.96. The molecule has 0 N–H and O–H groups in total. The van der Waals surface area contributed by atoms with E-state index in [2.05, 4.69) is 46.2 Å². The molecule has 2 aliphatic rings. The number of morpholine rings is 1. The van der Waals surface area contributed by atoms with Crippen LogP contribution in [0.1, 0.15) is 25.7 Å². The van der Waals surface area contributed by atoms with Gasteiger partial charge in [-0.05, 0) is 31.3 Å². The first kappa shape index (κ1) is 13.0. The highest BCUT2D eigenvalue weighted by atomic mass is 16.5. The van der Waals surface area contributed by atoms with Gasteiger partial charge in [0.2, 0.25) is 0 Å². The molecule has 2 fully saturated rings. The van der Waals surface area contributed by atoms with E-state index in [0.29, 0.717) is 18.2 Å². The molecule has 2 aliphatic heterocycles. The molecule has 2 atom stereocenters. The van der Waals surface area contributed by atoms with Crippen LogP contribution < -0.4 is 0 Å². The second-order valence-corrected chi connectivity index (χ2v) is 5.78. The molecule has 0 bridgehead atoms. The lowest BCUT2D eigenvalue weighted by Gasteiger charge is -2.33. The van der Waals surface area contributed by atoms with Crippen LogP contribution in [0.3, 0.4) is 0 Å². The van der Waals surface area contributed by atoms with E-state index in [1.807, 2.05) is 4.68 Å². The number of rotatable bonds is 3. The highest BCUT2D eigenvalue weighted by molar-refractivity contribution is 4.95. The molecule has 0 spiro atoms. The zero-order valence-electron chi connectivity index (χ0n) is 11.9. The summed E-state index contributed by atoms with van der Waals surface area (Å²) in [6.07, 6.45) is 0.335. The van der Waals surface area contributed by atoms with E-state index in [4.69, 9.17) is 4.74 Å².